The lowest BCUT2D eigenvalue weighted by Gasteiger charge is -2.41. The molecule has 0 radical (unpaired) electrons. The van der Waals surface area contributed by atoms with E-state index in [0.29, 0.717) is 0 Å². The van der Waals surface area contributed by atoms with Crippen LogP contribution in [0.15, 0.2) is 24.5 Å². The summed E-state index contributed by atoms with van der Waals surface area (Å²) in [6.45, 7) is 20.0. The van der Waals surface area contributed by atoms with E-state index in [1.165, 1.54) is 28.9 Å². The zero-order valence-corrected chi connectivity index (χ0v) is 25.3. The minimum absolute atomic E-state index is 0.193. The van der Waals surface area contributed by atoms with Crippen molar-refractivity contribution in [3.05, 3.63) is 47.0 Å². The Hall–Kier alpha value is -2.80. The third kappa shape index (κ3) is 9.50. The molecule has 7 heteroatoms. The van der Waals surface area contributed by atoms with Gasteiger partial charge in [-0.3, -0.25) is 9.67 Å². The topological polar surface area (TPSA) is 75.9 Å². The summed E-state index contributed by atoms with van der Waals surface area (Å²) in [6.07, 6.45) is 10.2. The minimum atomic E-state index is 0.193. The maximum absolute atomic E-state index is 10.0. The number of nitrogens with one attached hydrogen (secondary N) is 1. The van der Waals surface area contributed by atoms with Crippen LogP contribution in [0.3, 0.4) is 0 Å². The molecule has 1 aliphatic rings. The molecule has 0 aromatic carbocycles. The monoisotopic (exact) mass is 522 g/mol. The molecule has 38 heavy (non-hydrogen) atoms. The van der Waals surface area contributed by atoms with E-state index in [9.17, 15) is 4.79 Å². The van der Waals surface area contributed by atoms with Crippen LogP contribution < -0.4 is 10.2 Å². The fourth-order valence-electron chi connectivity index (χ4n) is 4.87. The average Bonchev–Trinajstić information content (AvgIpc) is 3.19. The highest BCUT2D eigenvalue weighted by atomic mass is 16.1. The number of fused-ring (bicyclic) bond motifs is 1. The summed E-state index contributed by atoms with van der Waals surface area (Å²) in [4.78, 5) is 21.5. The van der Waals surface area contributed by atoms with Crippen molar-refractivity contribution in [3.63, 3.8) is 0 Å². The number of rotatable bonds is 7. The van der Waals surface area contributed by atoms with Gasteiger partial charge in [0.25, 0.3) is 0 Å². The Morgan fingerprint density at radius 3 is 2.37 bits per heavy atom. The lowest BCUT2D eigenvalue weighted by molar-refractivity contribution is -0.117. The van der Waals surface area contributed by atoms with Crippen molar-refractivity contribution in [2.45, 2.75) is 99.5 Å². The van der Waals surface area contributed by atoms with Crippen LogP contribution in [0.4, 0.5) is 5.69 Å². The number of carbonyl (C=O) groups excluding carboxylic acids is 1. The predicted molar refractivity (Wildman–Crippen MR) is 160 cm³/mol. The summed E-state index contributed by atoms with van der Waals surface area (Å²) in [6, 6.07) is 4.38. The van der Waals surface area contributed by atoms with E-state index >= 15 is 0 Å². The molecule has 3 aromatic heterocycles. The van der Waals surface area contributed by atoms with Crippen LogP contribution in [0.2, 0.25) is 0 Å². The number of pyridine rings is 2. The highest BCUT2D eigenvalue weighted by molar-refractivity contribution is 5.75. The Labute approximate surface area is 230 Å². The molecule has 210 valence electrons. The Balaban J connectivity index is 0.000000225. The molecule has 1 fully saturated rings. The maximum Gasteiger partial charge on any atom is 0.181 e. The number of ketones is 1. The second-order valence-electron chi connectivity index (χ2n) is 11.0. The highest BCUT2D eigenvalue weighted by Crippen LogP contribution is 2.26. The van der Waals surface area contributed by atoms with Gasteiger partial charge in [-0.05, 0) is 77.1 Å². The molecule has 0 unspecified atom stereocenters. The number of nitrogens with zero attached hydrogens (tertiary/aromatic N) is 5. The fraction of sp³-hybridized carbons (Fsp3) is 0.613. The van der Waals surface area contributed by atoms with Crippen LogP contribution in [-0.4, -0.2) is 50.7 Å². The second-order valence-corrected chi connectivity index (χ2v) is 11.0. The summed E-state index contributed by atoms with van der Waals surface area (Å²) in [5, 5.41) is 8.99. The Morgan fingerprint density at radius 1 is 1.08 bits per heavy atom. The van der Waals surface area contributed by atoms with Gasteiger partial charge in [-0.2, -0.15) is 5.10 Å². The Bertz CT molecular complexity index is 1170. The lowest BCUT2D eigenvalue weighted by Crippen LogP contribution is -2.57. The van der Waals surface area contributed by atoms with Gasteiger partial charge in [0.2, 0.25) is 0 Å². The van der Waals surface area contributed by atoms with Gasteiger partial charge < -0.3 is 15.0 Å². The predicted octanol–water partition coefficient (Wildman–Crippen LogP) is 6.14. The average molecular weight is 523 g/mol. The third-order valence-corrected chi connectivity index (χ3v) is 6.68. The SMILES string of the molecule is CCCC(C)=O.CCCc1c(N2CCNC(C)(C)C2)ccnc1C.CCCc1cc2cn(C)nc2nc1C. The van der Waals surface area contributed by atoms with Crippen molar-refractivity contribution in [2.24, 2.45) is 7.05 Å². The van der Waals surface area contributed by atoms with Gasteiger partial charge in [-0.25, -0.2) is 4.98 Å². The minimum Gasteiger partial charge on any atom is -0.368 e. The number of Topliss-reactive ketones (excluding diaryl/α,β-unsaturated/α-hetero) is 1. The Morgan fingerprint density at radius 2 is 1.79 bits per heavy atom. The normalized spacial score (nSPS) is 14.4. The summed E-state index contributed by atoms with van der Waals surface area (Å²) in [7, 11) is 1.93. The van der Waals surface area contributed by atoms with Crippen molar-refractivity contribution < 1.29 is 4.79 Å². The highest BCUT2D eigenvalue weighted by Gasteiger charge is 2.27. The van der Waals surface area contributed by atoms with E-state index in [4.69, 9.17) is 0 Å². The van der Waals surface area contributed by atoms with Crippen molar-refractivity contribution in [2.75, 3.05) is 24.5 Å². The zero-order chi connectivity index (χ0) is 28.3. The Kier molecular flexibility index (Phi) is 12.4. The van der Waals surface area contributed by atoms with Crippen molar-refractivity contribution in [1.82, 2.24) is 25.1 Å². The maximum atomic E-state index is 10.0. The summed E-state index contributed by atoms with van der Waals surface area (Å²) in [5.41, 5.74) is 7.50. The van der Waals surface area contributed by atoms with Crippen LogP contribution in [0, 0.1) is 13.8 Å². The number of carbonyl (C=O) groups is 1. The van der Waals surface area contributed by atoms with E-state index < -0.39 is 0 Å². The zero-order valence-electron chi connectivity index (χ0n) is 25.3. The standard InChI is InChI=1S/C15H25N3.C11H15N3.C5H10O/c1-5-6-13-12(2)16-8-7-14(13)18-10-9-17-15(3,4)11-18;1-4-5-9-6-10-7-14(3)13-11(10)12-8(9)2;1-3-4-5(2)6/h7-8,17H,5-6,9-11H2,1-4H3;6-7H,4-5H2,1-3H3;3-4H2,1-2H3. The van der Waals surface area contributed by atoms with Gasteiger partial charge in [-0.15, -0.1) is 0 Å². The summed E-state index contributed by atoms with van der Waals surface area (Å²) < 4.78 is 1.81. The van der Waals surface area contributed by atoms with E-state index in [0.717, 1.165) is 68.5 Å². The van der Waals surface area contributed by atoms with E-state index in [-0.39, 0.29) is 11.3 Å². The lowest BCUT2D eigenvalue weighted by atomic mass is 9.99. The first-order chi connectivity index (χ1) is 18.0. The summed E-state index contributed by atoms with van der Waals surface area (Å²) in [5.74, 6) is 0.289. The van der Waals surface area contributed by atoms with Gasteiger partial charge in [0.1, 0.15) is 5.78 Å². The van der Waals surface area contributed by atoms with Crippen LogP contribution in [0.25, 0.3) is 11.0 Å². The van der Waals surface area contributed by atoms with Gasteiger partial charge >= 0.3 is 0 Å². The second kappa shape index (κ2) is 15.0. The van der Waals surface area contributed by atoms with Crippen LogP contribution in [-0.2, 0) is 24.7 Å². The molecule has 0 saturated carbocycles. The number of hydrogen-bond acceptors (Lipinski definition) is 6. The number of anilines is 1. The quantitative estimate of drug-likeness (QED) is 0.402. The number of aromatic nitrogens is 4. The van der Waals surface area contributed by atoms with Crippen LogP contribution in [0.5, 0.6) is 0 Å². The number of hydrogen-bond donors (Lipinski definition) is 1. The van der Waals surface area contributed by atoms with Crippen molar-refractivity contribution >= 4 is 22.5 Å². The van der Waals surface area contributed by atoms with E-state index in [1.807, 2.05) is 31.0 Å². The molecule has 0 amide bonds. The largest absolute Gasteiger partial charge is 0.368 e. The fourth-order valence-corrected chi connectivity index (χ4v) is 4.87. The number of piperazine rings is 1. The molecule has 0 bridgehead atoms. The summed E-state index contributed by atoms with van der Waals surface area (Å²) >= 11 is 0. The van der Waals surface area contributed by atoms with Crippen molar-refractivity contribution in [1.29, 1.82) is 0 Å². The van der Waals surface area contributed by atoms with Gasteiger partial charge in [0, 0.05) is 73.5 Å². The van der Waals surface area contributed by atoms with E-state index in [2.05, 4.69) is 79.0 Å². The smallest absolute Gasteiger partial charge is 0.181 e. The van der Waals surface area contributed by atoms with E-state index in [1.54, 1.807) is 6.92 Å². The third-order valence-electron chi connectivity index (χ3n) is 6.68. The molecule has 1 aliphatic heterocycles. The molecule has 7 nitrogen and oxygen atoms in total. The number of aryl methyl sites for hydroxylation is 4. The molecule has 1 saturated heterocycles. The first-order valence-corrected chi connectivity index (χ1v) is 14.2. The van der Waals surface area contributed by atoms with Crippen LogP contribution in [0.1, 0.15) is 89.7 Å². The van der Waals surface area contributed by atoms with Gasteiger partial charge in [-0.1, -0.05) is 33.6 Å². The molecule has 0 spiro atoms. The molecule has 0 atom stereocenters. The molecule has 3 aromatic rings. The first-order valence-electron chi connectivity index (χ1n) is 14.2. The van der Waals surface area contributed by atoms with Crippen molar-refractivity contribution in [3.8, 4) is 0 Å². The first kappa shape index (κ1) is 31.4. The molecule has 1 N–H and O–H groups in total. The molecular formula is C31H50N6O. The molecular weight excluding hydrogens is 472 g/mol. The van der Waals surface area contributed by atoms with Gasteiger partial charge in [0.15, 0.2) is 5.65 Å². The molecule has 4 heterocycles. The molecule has 4 rings (SSSR count). The molecule has 0 aliphatic carbocycles. The van der Waals surface area contributed by atoms with Crippen LogP contribution >= 0.6 is 0 Å². The van der Waals surface area contributed by atoms with Gasteiger partial charge in [0.05, 0.1) is 0 Å².